The molecule has 4 nitrogen and oxygen atoms in total. The Hall–Kier alpha value is -1.20. The largest absolute Gasteiger partial charge is 0.334 e. The molecule has 2 N–H and O–H groups in total. The van der Waals surface area contributed by atoms with Gasteiger partial charge in [0.1, 0.15) is 0 Å². The minimum Gasteiger partial charge on any atom is -0.334 e. The van der Waals surface area contributed by atoms with Gasteiger partial charge in [-0.3, -0.25) is 0 Å². The molecule has 2 aromatic rings. The maximum Gasteiger partial charge on any atom is 0.258 e. The van der Waals surface area contributed by atoms with Crippen LogP contribution in [-0.2, 0) is 5.54 Å². The predicted octanol–water partition coefficient (Wildman–Crippen LogP) is 3.39. The van der Waals surface area contributed by atoms with Crippen LogP contribution in [-0.4, -0.2) is 10.1 Å². The van der Waals surface area contributed by atoms with Crippen LogP contribution in [0.1, 0.15) is 31.7 Å². The molecule has 0 saturated carbocycles. The highest BCUT2D eigenvalue weighted by atomic mass is 79.9. The number of benzene rings is 1. The van der Waals surface area contributed by atoms with E-state index in [2.05, 4.69) is 26.1 Å². The number of nitrogens with two attached hydrogens (primary N) is 1. The van der Waals surface area contributed by atoms with Crippen LogP contribution in [0.5, 0.6) is 0 Å². The molecule has 0 bridgehead atoms. The van der Waals surface area contributed by atoms with Gasteiger partial charge in [0.05, 0.1) is 5.54 Å². The zero-order chi connectivity index (χ0) is 13.3. The molecular weight excluding hydrogens is 294 g/mol. The first kappa shape index (κ1) is 13.2. The van der Waals surface area contributed by atoms with Crippen molar-refractivity contribution in [1.29, 1.82) is 0 Å². The lowest BCUT2D eigenvalue weighted by atomic mass is 10.00. The van der Waals surface area contributed by atoms with Gasteiger partial charge in [-0.1, -0.05) is 34.1 Å². The number of hydrogen-bond acceptors (Lipinski definition) is 4. The lowest BCUT2D eigenvalue weighted by Crippen LogP contribution is -2.33. The fourth-order valence-corrected chi connectivity index (χ4v) is 1.93. The van der Waals surface area contributed by atoms with Crippen molar-refractivity contribution in [2.75, 3.05) is 0 Å². The summed E-state index contributed by atoms with van der Waals surface area (Å²) in [6.07, 6.45) is 0.753. The Morgan fingerprint density at radius 2 is 2.17 bits per heavy atom. The summed E-state index contributed by atoms with van der Waals surface area (Å²) in [6.45, 7) is 5.90. The van der Waals surface area contributed by atoms with Crippen LogP contribution in [0, 0.1) is 6.92 Å². The minimum absolute atomic E-state index is 0.508. The van der Waals surface area contributed by atoms with Crippen molar-refractivity contribution in [1.82, 2.24) is 10.1 Å². The van der Waals surface area contributed by atoms with Gasteiger partial charge in [0, 0.05) is 10.0 Å². The molecule has 0 aliphatic heterocycles. The molecule has 2 rings (SSSR count). The van der Waals surface area contributed by atoms with Gasteiger partial charge in [-0.15, -0.1) is 0 Å². The van der Waals surface area contributed by atoms with Crippen molar-refractivity contribution in [2.45, 2.75) is 32.7 Å². The molecule has 1 unspecified atom stereocenters. The first-order valence-electron chi connectivity index (χ1n) is 5.84. The molecule has 0 amide bonds. The summed E-state index contributed by atoms with van der Waals surface area (Å²) in [5.41, 5.74) is 7.55. The van der Waals surface area contributed by atoms with E-state index < -0.39 is 5.54 Å². The van der Waals surface area contributed by atoms with E-state index in [0.717, 1.165) is 22.0 Å². The van der Waals surface area contributed by atoms with Crippen LogP contribution in [0.4, 0.5) is 0 Å². The van der Waals surface area contributed by atoms with Crippen LogP contribution >= 0.6 is 15.9 Å². The summed E-state index contributed by atoms with van der Waals surface area (Å²) >= 11 is 3.49. The van der Waals surface area contributed by atoms with E-state index in [9.17, 15) is 0 Å². The van der Waals surface area contributed by atoms with Gasteiger partial charge in [0.2, 0.25) is 0 Å². The smallest absolute Gasteiger partial charge is 0.258 e. The molecule has 0 aliphatic rings. The molecule has 0 radical (unpaired) electrons. The fourth-order valence-electron chi connectivity index (χ4n) is 1.56. The first-order valence-corrected chi connectivity index (χ1v) is 6.63. The SMILES string of the molecule is CCC(C)(N)c1noc(-c2cccc(Br)c2C)n1. The summed E-state index contributed by atoms with van der Waals surface area (Å²) in [4.78, 5) is 4.40. The average molecular weight is 310 g/mol. The molecule has 1 aromatic carbocycles. The summed E-state index contributed by atoms with van der Waals surface area (Å²) in [5.74, 6) is 1.05. The fraction of sp³-hybridized carbons (Fsp3) is 0.385. The first-order chi connectivity index (χ1) is 8.45. The highest BCUT2D eigenvalue weighted by molar-refractivity contribution is 9.10. The van der Waals surface area contributed by atoms with E-state index in [1.807, 2.05) is 39.0 Å². The van der Waals surface area contributed by atoms with E-state index >= 15 is 0 Å². The normalized spacial score (nSPS) is 14.5. The Morgan fingerprint density at radius 3 is 2.83 bits per heavy atom. The van der Waals surface area contributed by atoms with Crippen molar-refractivity contribution in [2.24, 2.45) is 5.73 Å². The third kappa shape index (κ3) is 2.33. The Balaban J connectivity index is 2.45. The average Bonchev–Trinajstić information content (AvgIpc) is 2.82. The van der Waals surface area contributed by atoms with Crippen molar-refractivity contribution >= 4 is 15.9 Å². The molecule has 0 aliphatic carbocycles. The topological polar surface area (TPSA) is 64.9 Å². The van der Waals surface area contributed by atoms with E-state index in [1.54, 1.807) is 0 Å². The van der Waals surface area contributed by atoms with E-state index in [0.29, 0.717) is 11.7 Å². The van der Waals surface area contributed by atoms with Gasteiger partial charge in [0.25, 0.3) is 5.89 Å². The number of rotatable bonds is 3. The number of hydrogen-bond donors (Lipinski definition) is 1. The van der Waals surface area contributed by atoms with Gasteiger partial charge >= 0.3 is 0 Å². The minimum atomic E-state index is -0.554. The number of nitrogens with zero attached hydrogens (tertiary/aromatic N) is 2. The van der Waals surface area contributed by atoms with Gasteiger partial charge in [0.15, 0.2) is 5.82 Å². The molecular formula is C13H16BrN3O. The Kier molecular flexibility index (Phi) is 3.54. The van der Waals surface area contributed by atoms with E-state index in [4.69, 9.17) is 10.3 Å². The molecule has 96 valence electrons. The second-order valence-electron chi connectivity index (χ2n) is 4.61. The van der Waals surface area contributed by atoms with Crippen molar-refractivity contribution in [3.05, 3.63) is 34.1 Å². The number of aromatic nitrogens is 2. The van der Waals surface area contributed by atoms with Gasteiger partial charge in [-0.2, -0.15) is 4.98 Å². The van der Waals surface area contributed by atoms with Gasteiger partial charge < -0.3 is 10.3 Å². The molecule has 0 spiro atoms. The van der Waals surface area contributed by atoms with Crippen LogP contribution in [0.25, 0.3) is 11.5 Å². The van der Waals surface area contributed by atoms with Crippen molar-refractivity contribution in [3.8, 4) is 11.5 Å². The second kappa shape index (κ2) is 4.82. The summed E-state index contributed by atoms with van der Waals surface area (Å²) in [5, 5.41) is 3.98. The summed E-state index contributed by atoms with van der Waals surface area (Å²) < 4.78 is 6.33. The Bertz CT molecular complexity index is 563. The molecule has 0 fully saturated rings. The van der Waals surface area contributed by atoms with Crippen LogP contribution in [0.15, 0.2) is 27.2 Å². The second-order valence-corrected chi connectivity index (χ2v) is 5.46. The Labute approximate surface area is 115 Å². The third-order valence-electron chi connectivity index (χ3n) is 3.17. The third-order valence-corrected chi connectivity index (χ3v) is 4.03. The highest BCUT2D eigenvalue weighted by Gasteiger charge is 2.26. The zero-order valence-corrected chi connectivity index (χ0v) is 12.3. The maximum absolute atomic E-state index is 6.10. The standard InChI is InChI=1S/C13H16BrN3O/c1-4-13(3,15)12-16-11(18-17-12)9-6-5-7-10(14)8(9)2/h5-7H,4,15H2,1-3H3. The molecule has 0 saturated heterocycles. The molecule has 1 atom stereocenters. The van der Waals surface area contributed by atoms with Gasteiger partial charge in [-0.05, 0) is 38.0 Å². The van der Waals surface area contributed by atoms with E-state index in [1.165, 1.54) is 0 Å². The lowest BCUT2D eigenvalue weighted by Gasteiger charge is -2.16. The molecule has 1 heterocycles. The van der Waals surface area contributed by atoms with Crippen LogP contribution < -0.4 is 5.73 Å². The molecule has 18 heavy (non-hydrogen) atoms. The summed E-state index contributed by atoms with van der Waals surface area (Å²) in [7, 11) is 0. The summed E-state index contributed by atoms with van der Waals surface area (Å²) in [6, 6.07) is 5.88. The zero-order valence-electron chi connectivity index (χ0n) is 10.7. The van der Waals surface area contributed by atoms with Crippen LogP contribution in [0.2, 0.25) is 0 Å². The number of halogens is 1. The predicted molar refractivity (Wildman–Crippen MR) is 74.0 cm³/mol. The monoisotopic (exact) mass is 309 g/mol. The maximum atomic E-state index is 6.10. The Morgan fingerprint density at radius 1 is 1.44 bits per heavy atom. The van der Waals surface area contributed by atoms with Crippen molar-refractivity contribution in [3.63, 3.8) is 0 Å². The highest BCUT2D eigenvalue weighted by Crippen LogP contribution is 2.29. The lowest BCUT2D eigenvalue weighted by molar-refractivity contribution is 0.379. The van der Waals surface area contributed by atoms with E-state index in [-0.39, 0.29) is 0 Å². The quantitative estimate of drug-likeness (QED) is 0.943. The molecule has 1 aromatic heterocycles. The van der Waals surface area contributed by atoms with Crippen molar-refractivity contribution < 1.29 is 4.52 Å². The van der Waals surface area contributed by atoms with Crippen LogP contribution in [0.3, 0.4) is 0 Å². The van der Waals surface area contributed by atoms with Gasteiger partial charge in [-0.25, -0.2) is 0 Å². The molecule has 5 heteroatoms.